The first-order valence-electron chi connectivity index (χ1n) is 9.60. The van der Waals surface area contributed by atoms with Crippen molar-refractivity contribution in [3.63, 3.8) is 0 Å². The lowest BCUT2D eigenvalue weighted by molar-refractivity contribution is -0.139. The zero-order chi connectivity index (χ0) is 22.8. The predicted octanol–water partition coefficient (Wildman–Crippen LogP) is 4.29. The number of hydrogen-bond acceptors (Lipinski definition) is 5. The molecule has 31 heavy (non-hydrogen) atoms. The number of nitrogens with one attached hydrogen (secondary N) is 1. The van der Waals surface area contributed by atoms with Gasteiger partial charge in [0.05, 0.1) is 18.5 Å². The highest BCUT2D eigenvalue weighted by Gasteiger charge is 2.27. The van der Waals surface area contributed by atoms with Gasteiger partial charge in [-0.05, 0) is 61.0 Å². The van der Waals surface area contributed by atoms with Crippen molar-refractivity contribution in [2.45, 2.75) is 38.8 Å². The highest BCUT2D eigenvalue weighted by molar-refractivity contribution is 9.10. The van der Waals surface area contributed by atoms with Gasteiger partial charge in [0, 0.05) is 22.7 Å². The van der Waals surface area contributed by atoms with E-state index in [9.17, 15) is 14.7 Å². The van der Waals surface area contributed by atoms with Crippen LogP contribution in [0.1, 0.15) is 26.5 Å². The van der Waals surface area contributed by atoms with Crippen LogP contribution in [0.15, 0.2) is 47.1 Å². The van der Waals surface area contributed by atoms with Gasteiger partial charge in [0.1, 0.15) is 23.0 Å². The van der Waals surface area contributed by atoms with Gasteiger partial charge in [-0.25, -0.2) is 14.6 Å². The maximum Gasteiger partial charge on any atom is 0.408 e. The molecular formula is C22H24BrN3O5. The van der Waals surface area contributed by atoms with E-state index in [0.29, 0.717) is 22.8 Å². The molecule has 0 radical (unpaired) electrons. The molecule has 3 rings (SSSR count). The number of aromatic nitrogens is 2. The summed E-state index contributed by atoms with van der Waals surface area (Å²) in [5.74, 6) is -0.518. The Balaban J connectivity index is 2.05. The molecule has 3 aromatic rings. The van der Waals surface area contributed by atoms with Crippen LogP contribution in [-0.4, -0.2) is 45.3 Å². The maximum atomic E-state index is 12.2. The average molecular weight is 490 g/mol. The van der Waals surface area contributed by atoms with Crippen LogP contribution in [0.25, 0.3) is 16.9 Å². The van der Waals surface area contributed by atoms with E-state index in [-0.39, 0.29) is 6.42 Å². The number of carbonyl (C=O) groups is 2. The fraction of sp³-hybridized carbons (Fsp3) is 0.318. The summed E-state index contributed by atoms with van der Waals surface area (Å²) in [4.78, 5) is 28.9. The lowest BCUT2D eigenvalue weighted by atomic mass is 10.0. The molecule has 0 saturated heterocycles. The third-order valence-electron chi connectivity index (χ3n) is 4.41. The molecule has 0 aliphatic heterocycles. The summed E-state index contributed by atoms with van der Waals surface area (Å²) in [5, 5.41) is 12.2. The monoisotopic (exact) mass is 489 g/mol. The first-order valence-corrected chi connectivity index (χ1v) is 10.4. The van der Waals surface area contributed by atoms with Gasteiger partial charge in [0.2, 0.25) is 0 Å². The Hall–Kier alpha value is -3.07. The quantitative estimate of drug-likeness (QED) is 0.535. The van der Waals surface area contributed by atoms with Gasteiger partial charge in [0.15, 0.2) is 0 Å². The number of amides is 1. The number of fused-ring (bicyclic) bond motifs is 1. The second-order valence-electron chi connectivity index (χ2n) is 7.96. The minimum absolute atomic E-state index is 0.00125. The Labute approximate surface area is 188 Å². The number of carbonyl (C=O) groups excluding carboxylic acids is 1. The number of alkyl carbamates (subject to hydrolysis) is 1. The SMILES string of the molecule is COc1cccc(-c2nc3ccc(Br)cn3c2CC(NC(=O)OC(C)(C)C)C(=O)O)c1. The van der Waals surface area contributed by atoms with Crippen LogP contribution in [0, 0.1) is 0 Å². The van der Waals surface area contributed by atoms with Gasteiger partial charge in [-0.3, -0.25) is 0 Å². The minimum atomic E-state index is -1.21. The van der Waals surface area contributed by atoms with E-state index < -0.39 is 23.7 Å². The van der Waals surface area contributed by atoms with Crippen LogP contribution in [0.4, 0.5) is 4.79 Å². The normalized spacial score (nSPS) is 12.4. The minimum Gasteiger partial charge on any atom is -0.497 e. The molecule has 2 aromatic heterocycles. The Morgan fingerprint density at radius 2 is 2.00 bits per heavy atom. The zero-order valence-corrected chi connectivity index (χ0v) is 19.3. The van der Waals surface area contributed by atoms with Crippen LogP contribution in [-0.2, 0) is 16.0 Å². The van der Waals surface area contributed by atoms with E-state index in [1.54, 1.807) is 27.9 Å². The Kier molecular flexibility index (Phi) is 6.54. The van der Waals surface area contributed by atoms with Crippen molar-refractivity contribution >= 4 is 33.6 Å². The van der Waals surface area contributed by atoms with E-state index in [1.807, 2.05) is 47.0 Å². The number of carboxylic acid groups (broad SMARTS) is 1. The molecule has 1 atom stereocenters. The molecule has 0 spiro atoms. The number of methoxy groups -OCH3 is 1. The lowest BCUT2D eigenvalue weighted by Crippen LogP contribution is -2.44. The van der Waals surface area contributed by atoms with Gasteiger partial charge in [0.25, 0.3) is 0 Å². The highest BCUT2D eigenvalue weighted by Crippen LogP contribution is 2.29. The fourth-order valence-corrected chi connectivity index (χ4v) is 3.44. The molecule has 8 nitrogen and oxygen atoms in total. The Morgan fingerprint density at radius 3 is 2.65 bits per heavy atom. The highest BCUT2D eigenvalue weighted by atomic mass is 79.9. The number of pyridine rings is 1. The van der Waals surface area contributed by atoms with Gasteiger partial charge in [-0.2, -0.15) is 0 Å². The summed E-state index contributed by atoms with van der Waals surface area (Å²) in [7, 11) is 1.58. The number of carboxylic acids is 1. The Morgan fingerprint density at radius 1 is 1.26 bits per heavy atom. The van der Waals surface area contributed by atoms with Gasteiger partial charge >= 0.3 is 12.1 Å². The smallest absolute Gasteiger partial charge is 0.408 e. The summed E-state index contributed by atoms with van der Waals surface area (Å²) in [5.41, 5.74) is 1.92. The molecule has 164 valence electrons. The van der Waals surface area contributed by atoms with E-state index in [4.69, 9.17) is 14.5 Å². The number of nitrogens with zero attached hydrogens (tertiary/aromatic N) is 2. The number of rotatable bonds is 6. The largest absolute Gasteiger partial charge is 0.497 e. The van der Waals surface area contributed by atoms with Crippen molar-refractivity contribution in [1.82, 2.24) is 14.7 Å². The van der Waals surface area contributed by atoms with E-state index in [0.717, 1.165) is 10.0 Å². The van der Waals surface area contributed by atoms with Crippen LogP contribution in [0.5, 0.6) is 5.75 Å². The molecule has 0 aliphatic carbocycles. The summed E-state index contributed by atoms with van der Waals surface area (Å²) < 4.78 is 13.2. The molecule has 2 N–H and O–H groups in total. The zero-order valence-electron chi connectivity index (χ0n) is 17.7. The van der Waals surface area contributed by atoms with Gasteiger partial charge in [-0.1, -0.05) is 12.1 Å². The second-order valence-corrected chi connectivity index (χ2v) is 8.87. The van der Waals surface area contributed by atoms with Gasteiger partial charge in [-0.15, -0.1) is 0 Å². The molecule has 2 heterocycles. The first kappa shape index (κ1) is 22.6. The predicted molar refractivity (Wildman–Crippen MR) is 119 cm³/mol. The number of benzene rings is 1. The van der Waals surface area contributed by atoms with Crippen molar-refractivity contribution < 1.29 is 24.2 Å². The van der Waals surface area contributed by atoms with Gasteiger partial charge < -0.3 is 24.3 Å². The van der Waals surface area contributed by atoms with E-state index >= 15 is 0 Å². The molecule has 0 bridgehead atoms. The van der Waals surface area contributed by atoms with Crippen molar-refractivity contribution in [3.8, 4) is 17.0 Å². The topological polar surface area (TPSA) is 102 Å². The third-order valence-corrected chi connectivity index (χ3v) is 4.88. The van der Waals surface area contributed by atoms with Crippen LogP contribution < -0.4 is 10.1 Å². The number of halogens is 1. The summed E-state index contributed by atoms with van der Waals surface area (Å²) in [6.07, 6.45) is 1.02. The summed E-state index contributed by atoms with van der Waals surface area (Å²) >= 11 is 3.45. The van der Waals surface area contributed by atoms with Crippen LogP contribution in [0.2, 0.25) is 0 Å². The molecule has 1 aromatic carbocycles. The molecule has 0 aliphatic rings. The number of ether oxygens (including phenoxy) is 2. The number of imidazole rings is 1. The molecule has 0 fully saturated rings. The lowest BCUT2D eigenvalue weighted by Gasteiger charge is -2.22. The van der Waals surface area contributed by atoms with Crippen molar-refractivity contribution in [2.75, 3.05) is 7.11 Å². The summed E-state index contributed by atoms with van der Waals surface area (Å²) in [6, 6.07) is 9.84. The summed E-state index contributed by atoms with van der Waals surface area (Å²) in [6.45, 7) is 5.14. The molecule has 1 amide bonds. The van der Waals surface area contributed by atoms with E-state index in [2.05, 4.69) is 21.2 Å². The molecule has 0 saturated carbocycles. The number of hydrogen-bond donors (Lipinski definition) is 2. The van der Waals surface area contributed by atoms with Crippen molar-refractivity contribution in [2.24, 2.45) is 0 Å². The number of aliphatic carboxylic acids is 1. The molecule has 9 heteroatoms. The average Bonchev–Trinajstić information content (AvgIpc) is 3.03. The Bertz CT molecular complexity index is 1120. The van der Waals surface area contributed by atoms with Crippen LogP contribution in [0.3, 0.4) is 0 Å². The molecular weight excluding hydrogens is 466 g/mol. The molecule has 1 unspecified atom stereocenters. The maximum absolute atomic E-state index is 12.2. The standard InChI is InChI=1S/C22H24BrN3O5/c1-22(2,3)31-21(29)24-16(20(27)28)11-17-19(13-6-5-7-15(10-13)30-4)25-18-9-8-14(23)12-26(17)18/h5-10,12,16H,11H2,1-4H3,(H,24,29)(H,27,28). The van der Waals surface area contributed by atoms with Crippen molar-refractivity contribution in [1.29, 1.82) is 0 Å². The third kappa shape index (κ3) is 5.55. The van der Waals surface area contributed by atoms with E-state index in [1.165, 1.54) is 0 Å². The fourth-order valence-electron chi connectivity index (χ4n) is 3.11. The van der Waals surface area contributed by atoms with Crippen molar-refractivity contribution in [3.05, 3.63) is 52.8 Å². The second kappa shape index (κ2) is 8.97. The first-order chi connectivity index (χ1) is 14.6. The van der Waals surface area contributed by atoms with Crippen LogP contribution >= 0.6 is 15.9 Å².